The molecule has 1 aromatic heterocycles. The van der Waals surface area contributed by atoms with Crippen molar-refractivity contribution in [3.05, 3.63) is 10.6 Å². The van der Waals surface area contributed by atoms with Crippen molar-refractivity contribution in [2.75, 3.05) is 0 Å². The highest BCUT2D eigenvalue weighted by Gasteiger charge is 2.39. The number of nitrogens with one attached hydrogen (secondary N) is 1. The quantitative estimate of drug-likeness (QED) is 0.749. The fraction of sp³-hybridized carbons (Fsp3) is 0.667. The van der Waals surface area contributed by atoms with E-state index in [1.807, 2.05) is 6.92 Å². The molecule has 0 bridgehead atoms. The second-order valence-corrected chi connectivity index (χ2v) is 6.76. The minimum absolute atomic E-state index is 0.0139. The number of carbonyl (C=O) groups is 1. The number of terminal acetylenes is 1. The lowest BCUT2D eigenvalue weighted by Crippen LogP contribution is -2.28. The zero-order chi connectivity index (χ0) is 15.6. The Kier molecular flexibility index (Phi) is 4.21. The summed E-state index contributed by atoms with van der Waals surface area (Å²) in [5.74, 6) is 3.15. The SMILES string of the molecule is C#CCCC1(CCC(=O)NC(C)c2snnc2C2CC2)N=N1. The van der Waals surface area contributed by atoms with E-state index >= 15 is 0 Å². The number of rotatable bonds is 8. The molecule has 1 fully saturated rings. The molecule has 1 amide bonds. The van der Waals surface area contributed by atoms with Crippen molar-refractivity contribution < 1.29 is 4.79 Å². The number of amides is 1. The van der Waals surface area contributed by atoms with Gasteiger partial charge in [-0.3, -0.25) is 4.79 Å². The summed E-state index contributed by atoms with van der Waals surface area (Å²) in [5.41, 5.74) is 0.675. The van der Waals surface area contributed by atoms with Crippen LogP contribution in [0.4, 0.5) is 0 Å². The third-order valence-corrected chi connectivity index (χ3v) is 5.00. The lowest BCUT2D eigenvalue weighted by Gasteiger charge is -2.14. The molecule has 1 N–H and O–H groups in total. The van der Waals surface area contributed by atoms with E-state index in [-0.39, 0.29) is 11.9 Å². The van der Waals surface area contributed by atoms with E-state index in [1.165, 1.54) is 24.4 Å². The van der Waals surface area contributed by atoms with Crippen molar-refractivity contribution in [1.29, 1.82) is 0 Å². The molecule has 2 aliphatic rings. The third kappa shape index (κ3) is 3.50. The molecule has 1 saturated carbocycles. The highest BCUT2D eigenvalue weighted by atomic mass is 32.1. The Morgan fingerprint density at radius 2 is 2.27 bits per heavy atom. The Balaban J connectivity index is 1.47. The largest absolute Gasteiger partial charge is 0.349 e. The molecule has 6 nitrogen and oxygen atoms in total. The number of aromatic nitrogens is 2. The molecule has 22 heavy (non-hydrogen) atoms. The molecule has 2 heterocycles. The molecule has 1 aromatic rings. The van der Waals surface area contributed by atoms with E-state index < -0.39 is 5.66 Å². The van der Waals surface area contributed by atoms with Crippen LogP contribution in [0.1, 0.15) is 68.0 Å². The second kappa shape index (κ2) is 6.13. The van der Waals surface area contributed by atoms with Gasteiger partial charge in [0.05, 0.1) is 16.6 Å². The monoisotopic (exact) mass is 317 g/mol. The highest BCUT2D eigenvalue weighted by molar-refractivity contribution is 7.05. The van der Waals surface area contributed by atoms with Gasteiger partial charge in [-0.15, -0.1) is 17.4 Å². The van der Waals surface area contributed by atoms with Crippen LogP contribution >= 0.6 is 11.5 Å². The number of carbonyl (C=O) groups excluding carboxylic acids is 1. The van der Waals surface area contributed by atoms with Crippen LogP contribution in [-0.4, -0.2) is 21.2 Å². The molecule has 0 radical (unpaired) electrons. The average molecular weight is 317 g/mol. The van der Waals surface area contributed by atoms with Gasteiger partial charge >= 0.3 is 0 Å². The summed E-state index contributed by atoms with van der Waals surface area (Å²) < 4.78 is 4.03. The van der Waals surface area contributed by atoms with Crippen molar-refractivity contribution in [3.63, 3.8) is 0 Å². The van der Waals surface area contributed by atoms with Crippen LogP contribution in [0.2, 0.25) is 0 Å². The number of hydrogen-bond acceptors (Lipinski definition) is 6. The molecule has 1 aliphatic carbocycles. The smallest absolute Gasteiger partial charge is 0.220 e. The molecular weight excluding hydrogens is 298 g/mol. The maximum absolute atomic E-state index is 12.1. The van der Waals surface area contributed by atoms with Crippen molar-refractivity contribution >= 4 is 17.4 Å². The zero-order valence-electron chi connectivity index (χ0n) is 12.6. The van der Waals surface area contributed by atoms with Crippen LogP contribution in [-0.2, 0) is 4.79 Å². The Morgan fingerprint density at radius 1 is 1.50 bits per heavy atom. The fourth-order valence-corrected chi connectivity index (χ4v) is 3.24. The topological polar surface area (TPSA) is 79.6 Å². The van der Waals surface area contributed by atoms with Gasteiger partial charge in [0.25, 0.3) is 0 Å². The lowest BCUT2D eigenvalue weighted by molar-refractivity contribution is -0.122. The van der Waals surface area contributed by atoms with Gasteiger partial charge in [-0.05, 0) is 31.3 Å². The normalized spacial score (nSPS) is 19.5. The first-order valence-corrected chi connectivity index (χ1v) is 8.40. The summed E-state index contributed by atoms with van der Waals surface area (Å²) in [7, 11) is 0. The predicted octanol–water partition coefficient (Wildman–Crippen LogP) is 2.95. The molecule has 1 unspecified atom stereocenters. The van der Waals surface area contributed by atoms with E-state index in [2.05, 4.69) is 31.1 Å². The first-order chi connectivity index (χ1) is 10.6. The molecule has 1 aliphatic heterocycles. The summed E-state index contributed by atoms with van der Waals surface area (Å²) in [6.45, 7) is 1.99. The van der Waals surface area contributed by atoms with E-state index in [4.69, 9.17) is 6.42 Å². The van der Waals surface area contributed by atoms with Crippen LogP contribution in [0.15, 0.2) is 10.2 Å². The average Bonchev–Trinajstić information content (AvgIpc) is 3.43. The zero-order valence-corrected chi connectivity index (χ0v) is 13.4. The van der Waals surface area contributed by atoms with Crippen molar-refractivity contribution in [2.45, 2.75) is 63.1 Å². The van der Waals surface area contributed by atoms with Gasteiger partial charge in [-0.1, -0.05) is 4.49 Å². The van der Waals surface area contributed by atoms with Crippen LogP contribution in [0, 0.1) is 12.3 Å². The third-order valence-electron chi connectivity index (χ3n) is 4.08. The van der Waals surface area contributed by atoms with Crippen LogP contribution in [0.3, 0.4) is 0 Å². The number of hydrogen-bond donors (Lipinski definition) is 1. The summed E-state index contributed by atoms with van der Waals surface area (Å²) >= 11 is 1.38. The molecule has 116 valence electrons. The summed E-state index contributed by atoms with van der Waals surface area (Å²) in [6, 6.07) is -0.0437. The van der Waals surface area contributed by atoms with Crippen molar-refractivity contribution in [2.24, 2.45) is 10.2 Å². The Bertz CT molecular complexity index is 622. The van der Waals surface area contributed by atoms with Crippen molar-refractivity contribution in [1.82, 2.24) is 14.9 Å². The molecule has 1 atom stereocenters. The Morgan fingerprint density at radius 3 is 2.91 bits per heavy atom. The molecule has 7 heteroatoms. The molecule has 0 saturated heterocycles. The number of nitrogens with zero attached hydrogens (tertiary/aromatic N) is 4. The van der Waals surface area contributed by atoms with E-state index in [1.54, 1.807) is 0 Å². The molecule has 0 aromatic carbocycles. The minimum atomic E-state index is -0.391. The predicted molar refractivity (Wildman–Crippen MR) is 83.3 cm³/mol. The van der Waals surface area contributed by atoms with Gasteiger partial charge in [0.2, 0.25) is 5.91 Å². The lowest BCUT2D eigenvalue weighted by atomic mass is 10.0. The van der Waals surface area contributed by atoms with Gasteiger partial charge in [0, 0.05) is 31.6 Å². The van der Waals surface area contributed by atoms with Gasteiger partial charge in [-0.25, -0.2) is 0 Å². The maximum Gasteiger partial charge on any atom is 0.220 e. The van der Waals surface area contributed by atoms with Gasteiger partial charge in [0.1, 0.15) is 0 Å². The fourth-order valence-electron chi connectivity index (χ4n) is 2.51. The Labute approximate surface area is 134 Å². The maximum atomic E-state index is 12.1. The molecule has 3 rings (SSSR count). The van der Waals surface area contributed by atoms with Crippen LogP contribution in [0.5, 0.6) is 0 Å². The standard InChI is InChI=1S/C15H19N5OS/c1-3-4-8-15(18-19-15)9-7-12(21)16-10(2)14-13(11-5-6-11)17-20-22-14/h1,10-11H,4-9H2,2H3,(H,16,21). The summed E-state index contributed by atoms with van der Waals surface area (Å²) in [6.07, 6.45) is 10.0. The van der Waals surface area contributed by atoms with Gasteiger partial charge in [-0.2, -0.15) is 10.2 Å². The van der Waals surface area contributed by atoms with Gasteiger partial charge < -0.3 is 5.32 Å². The highest BCUT2D eigenvalue weighted by Crippen LogP contribution is 2.43. The molecular formula is C15H19N5OS. The summed E-state index contributed by atoms with van der Waals surface area (Å²) in [4.78, 5) is 13.2. The Hall–Kier alpha value is -1.81. The minimum Gasteiger partial charge on any atom is -0.349 e. The van der Waals surface area contributed by atoms with Crippen molar-refractivity contribution in [3.8, 4) is 12.3 Å². The summed E-state index contributed by atoms with van der Waals surface area (Å²) in [5, 5.41) is 15.3. The van der Waals surface area contributed by atoms with E-state index in [9.17, 15) is 4.79 Å². The van der Waals surface area contributed by atoms with E-state index in [0.29, 0.717) is 25.2 Å². The first-order valence-electron chi connectivity index (χ1n) is 7.62. The van der Waals surface area contributed by atoms with Gasteiger partial charge in [0.15, 0.2) is 5.66 Å². The van der Waals surface area contributed by atoms with Crippen LogP contribution in [0.25, 0.3) is 0 Å². The molecule has 0 spiro atoms. The van der Waals surface area contributed by atoms with E-state index in [0.717, 1.165) is 17.0 Å². The first kappa shape index (κ1) is 15.1. The second-order valence-electron chi connectivity index (χ2n) is 5.97. The van der Waals surface area contributed by atoms with Crippen LogP contribution < -0.4 is 5.32 Å².